The van der Waals surface area contributed by atoms with E-state index in [2.05, 4.69) is 39.6 Å². The van der Waals surface area contributed by atoms with Gasteiger partial charge in [-0.1, -0.05) is 32.4 Å². The fourth-order valence-corrected chi connectivity index (χ4v) is 5.55. The van der Waals surface area contributed by atoms with Crippen molar-refractivity contribution in [2.24, 2.45) is 5.92 Å². The number of sulfonamides is 1. The summed E-state index contributed by atoms with van der Waals surface area (Å²) in [7, 11) is -3.75. The molecule has 0 saturated carbocycles. The first-order valence-corrected chi connectivity index (χ1v) is 14.3. The predicted molar refractivity (Wildman–Crippen MR) is 143 cm³/mol. The number of carboxylic acid groups (broad SMARTS) is 1. The van der Waals surface area contributed by atoms with Crippen LogP contribution in [0.1, 0.15) is 68.8 Å². The van der Waals surface area contributed by atoms with E-state index in [4.69, 9.17) is 14.6 Å². The Balaban J connectivity index is 0.000000934. The number of fused-ring (bicyclic) bond motifs is 1. The van der Waals surface area contributed by atoms with Gasteiger partial charge in [0.05, 0.1) is 29.6 Å². The molecular weight excluding hydrogens is 504 g/mol. The van der Waals surface area contributed by atoms with Crippen molar-refractivity contribution in [3.8, 4) is 5.88 Å². The van der Waals surface area contributed by atoms with Crippen molar-refractivity contribution in [3.05, 3.63) is 71.3 Å². The quantitative estimate of drug-likeness (QED) is 0.435. The fourth-order valence-electron chi connectivity index (χ4n) is 4.51. The van der Waals surface area contributed by atoms with Gasteiger partial charge in [0.25, 0.3) is 10.0 Å². The Kier molecular flexibility index (Phi) is 10.2. The van der Waals surface area contributed by atoms with Gasteiger partial charge in [-0.15, -0.1) is 0 Å². The van der Waals surface area contributed by atoms with Gasteiger partial charge in [-0.3, -0.25) is 9.71 Å². The molecular formula is C28H35N4O5S-. The second kappa shape index (κ2) is 13.3. The van der Waals surface area contributed by atoms with Crippen LogP contribution in [-0.4, -0.2) is 35.9 Å². The van der Waals surface area contributed by atoms with E-state index in [9.17, 15) is 8.42 Å². The smallest absolute Gasteiger partial charge is 0.263 e. The van der Waals surface area contributed by atoms with Crippen LogP contribution in [0.25, 0.3) is 0 Å². The van der Waals surface area contributed by atoms with Gasteiger partial charge in [0.15, 0.2) is 5.82 Å². The number of hydrogen-bond donors (Lipinski definition) is 1. The molecule has 2 heterocycles. The van der Waals surface area contributed by atoms with Crippen LogP contribution < -0.4 is 14.6 Å². The van der Waals surface area contributed by atoms with Crippen LogP contribution >= 0.6 is 0 Å². The maximum atomic E-state index is 13.0. The molecule has 10 heteroatoms. The monoisotopic (exact) mass is 539 g/mol. The summed E-state index contributed by atoms with van der Waals surface area (Å²) in [6, 6.07) is 9.43. The highest BCUT2D eigenvalue weighted by Gasteiger charge is 2.26. The number of pyridine rings is 1. The number of aliphatic carboxylic acids is 1. The first-order valence-electron chi connectivity index (χ1n) is 12.8. The molecule has 1 aromatic carbocycles. The number of benzene rings is 1. The van der Waals surface area contributed by atoms with Gasteiger partial charge in [0.2, 0.25) is 5.88 Å². The minimum absolute atomic E-state index is 0.229. The zero-order chi connectivity index (χ0) is 27.7. The second-order valence-corrected chi connectivity index (χ2v) is 11.0. The van der Waals surface area contributed by atoms with E-state index in [1.807, 2.05) is 31.3 Å². The Hall–Kier alpha value is -3.53. The normalized spacial score (nSPS) is 15.4. The largest absolute Gasteiger partial charge is 0.550 e. The van der Waals surface area contributed by atoms with Crippen LogP contribution in [0.2, 0.25) is 0 Å². The molecule has 4 rings (SSSR count). The number of aryl methyl sites for hydroxylation is 2. The van der Waals surface area contributed by atoms with Gasteiger partial charge in [-0.05, 0) is 80.2 Å². The Morgan fingerprint density at radius 3 is 2.47 bits per heavy atom. The Morgan fingerprint density at radius 2 is 1.87 bits per heavy atom. The van der Waals surface area contributed by atoms with E-state index in [1.54, 1.807) is 12.3 Å². The standard InChI is InChI=1S/C26H32N4O3S.C2H4O2/c1-4-6-23-16-28-25(17-27-23)30-34(31,32)24-11-9-19-7-8-20(13-22(19)14-24)18(3)21-10-12-26(29-15-21)33-5-2;1-2(3)4/h9-12,14-18,20H,4-8,13H2,1-3H3,(H,28,30);1H3,(H,3,4)/p-1/t18-,20?;/m0./s1. The average Bonchev–Trinajstić information content (AvgIpc) is 2.89. The molecule has 2 aromatic heterocycles. The van der Waals surface area contributed by atoms with Crippen LogP contribution in [0.4, 0.5) is 5.82 Å². The third-order valence-corrected chi connectivity index (χ3v) is 7.84. The van der Waals surface area contributed by atoms with Gasteiger partial charge in [0, 0.05) is 18.2 Å². The summed E-state index contributed by atoms with van der Waals surface area (Å²) in [6.45, 7) is 7.79. The van der Waals surface area contributed by atoms with Crippen molar-refractivity contribution in [3.63, 3.8) is 0 Å². The molecule has 0 bridgehead atoms. The van der Waals surface area contributed by atoms with Crippen molar-refractivity contribution < 1.29 is 23.1 Å². The van der Waals surface area contributed by atoms with Gasteiger partial charge in [0.1, 0.15) is 0 Å². The molecule has 1 N–H and O–H groups in total. The lowest BCUT2D eigenvalue weighted by Crippen LogP contribution is -2.21. The molecule has 0 saturated heterocycles. The van der Waals surface area contributed by atoms with Crippen LogP contribution in [0, 0.1) is 5.92 Å². The lowest BCUT2D eigenvalue weighted by molar-refractivity contribution is -0.302. The number of nitrogens with zero attached hydrogens (tertiary/aromatic N) is 3. The van der Waals surface area contributed by atoms with E-state index in [1.165, 1.54) is 17.3 Å². The zero-order valence-corrected chi connectivity index (χ0v) is 23.1. The minimum Gasteiger partial charge on any atom is -0.550 e. The van der Waals surface area contributed by atoms with Crippen molar-refractivity contribution >= 4 is 21.8 Å². The number of hydrogen-bond acceptors (Lipinski definition) is 8. The summed E-state index contributed by atoms with van der Waals surface area (Å²) in [5, 5.41) is 8.89. The lowest BCUT2D eigenvalue weighted by atomic mass is 9.75. The first kappa shape index (κ1) is 29.0. The van der Waals surface area contributed by atoms with Crippen LogP contribution in [0.3, 0.4) is 0 Å². The number of carbonyl (C=O) groups is 1. The molecule has 1 aliphatic carbocycles. The summed E-state index contributed by atoms with van der Waals surface area (Å²) < 4.78 is 34.1. The molecule has 2 atom stereocenters. The molecule has 204 valence electrons. The number of ether oxygens (including phenoxy) is 1. The van der Waals surface area contributed by atoms with E-state index in [0.717, 1.165) is 50.3 Å². The molecule has 0 radical (unpaired) electrons. The summed E-state index contributed by atoms with van der Waals surface area (Å²) >= 11 is 0. The third-order valence-electron chi connectivity index (χ3n) is 6.49. The molecule has 3 aromatic rings. The van der Waals surface area contributed by atoms with Gasteiger partial charge >= 0.3 is 0 Å². The van der Waals surface area contributed by atoms with E-state index in [0.29, 0.717) is 24.3 Å². The van der Waals surface area contributed by atoms with Crippen LogP contribution in [-0.2, 0) is 34.1 Å². The summed E-state index contributed by atoms with van der Waals surface area (Å²) in [4.78, 5) is 22.1. The molecule has 0 spiro atoms. The summed E-state index contributed by atoms with van der Waals surface area (Å²) in [6.07, 6.45) is 9.60. The highest BCUT2D eigenvalue weighted by Crippen LogP contribution is 2.36. The number of nitrogens with one attached hydrogen (secondary N) is 1. The van der Waals surface area contributed by atoms with Crippen molar-refractivity contribution in [1.29, 1.82) is 0 Å². The van der Waals surface area contributed by atoms with Crippen molar-refractivity contribution in [2.75, 3.05) is 11.3 Å². The maximum absolute atomic E-state index is 13.0. The van der Waals surface area contributed by atoms with E-state index in [-0.39, 0.29) is 10.7 Å². The molecule has 1 unspecified atom stereocenters. The summed E-state index contributed by atoms with van der Waals surface area (Å²) in [5.41, 5.74) is 4.33. The Morgan fingerprint density at radius 1 is 1.11 bits per heavy atom. The van der Waals surface area contributed by atoms with E-state index >= 15 is 0 Å². The van der Waals surface area contributed by atoms with Crippen molar-refractivity contribution in [2.45, 2.75) is 70.6 Å². The number of carbonyl (C=O) groups excluding carboxylic acids is 1. The Labute approximate surface area is 224 Å². The minimum atomic E-state index is -3.75. The van der Waals surface area contributed by atoms with Crippen molar-refractivity contribution in [1.82, 2.24) is 15.0 Å². The van der Waals surface area contributed by atoms with Gasteiger partial charge in [-0.25, -0.2) is 18.4 Å². The van der Waals surface area contributed by atoms with Crippen LogP contribution in [0.15, 0.2) is 53.8 Å². The van der Waals surface area contributed by atoms with Gasteiger partial charge in [-0.2, -0.15) is 0 Å². The molecule has 1 aliphatic rings. The Bertz CT molecular complexity index is 1310. The van der Waals surface area contributed by atoms with E-state index < -0.39 is 16.0 Å². The average molecular weight is 540 g/mol. The second-order valence-electron chi connectivity index (χ2n) is 9.32. The maximum Gasteiger partial charge on any atom is 0.263 e. The highest BCUT2D eigenvalue weighted by molar-refractivity contribution is 7.92. The third kappa shape index (κ3) is 7.98. The number of anilines is 1. The molecule has 0 aliphatic heterocycles. The predicted octanol–water partition coefficient (Wildman–Crippen LogP) is 3.69. The lowest BCUT2D eigenvalue weighted by Gasteiger charge is -2.30. The topological polar surface area (TPSA) is 134 Å². The molecule has 38 heavy (non-hydrogen) atoms. The SMILES string of the molecule is CC(=O)[O-].CCCc1cnc(NS(=O)(=O)c2ccc3c(c2)CC([C@H](C)c2ccc(OCC)nc2)CC3)cn1. The number of rotatable bonds is 9. The molecule has 0 fully saturated rings. The number of carboxylic acids is 1. The number of aromatic nitrogens is 3. The van der Waals surface area contributed by atoms with Crippen LogP contribution in [0.5, 0.6) is 5.88 Å². The first-order chi connectivity index (χ1) is 18.1. The molecule has 0 amide bonds. The fraction of sp³-hybridized carbons (Fsp3) is 0.429. The zero-order valence-electron chi connectivity index (χ0n) is 22.3. The summed E-state index contributed by atoms with van der Waals surface area (Å²) in [5.74, 6) is 0.508. The molecule has 9 nitrogen and oxygen atoms in total. The van der Waals surface area contributed by atoms with Gasteiger partial charge < -0.3 is 14.6 Å². The highest BCUT2D eigenvalue weighted by atomic mass is 32.2.